The highest BCUT2D eigenvalue weighted by atomic mass is 16.5. The number of ether oxygens (including phenoxy) is 3. The van der Waals surface area contributed by atoms with Gasteiger partial charge < -0.3 is 14.2 Å². The third-order valence-corrected chi connectivity index (χ3v) is 4.41. The van der Waals surface area contributed by atoms with Crippen LogP contribution in [0, 0.1) is 0 Å². The van der Waals surface area contributed by atoms with Crippen molar-refractivity contribution >= 4 is 11.6 Å². The summed E-state index contributed by atoms with van der Waals surface area (Å²) in [7, 11) is 3.14. The topological polar surface area (TPSA) is 97.8 Å². The summed E-state index contributed by atoms with van der Waals surface area (Å²) in [4.78, 5) is 12.4. The smallest absolute Gasteiger partial charge is 0.289 e. The zero-order valence-corrected chi connectivity index (χ0v) is 17.4. The Morgan fingerprint density at radius 2 is 1.80 bits per heavy atom. The van der Waals surface area contributed by atoms with Crippen molar-refractivity contribution in [3.8, 4) is 28.5 Å². The van der Waals surface area contributed by atoms with Crippen molar-refractivity contribution in [3.63, 3.8) is 0 Å². The molecule has 0 aliphatic heterocycles. The van der Waals surface area contributed by atoms with E-state index in [0.29, 0.717) is 35.2 Å². The lowest BCUT2D eigenvalue weighted by Crippen LogP contribution is -2.19. The molecule has 8 nitrogen and oxygen atoms in total. The molecule has 0 saturated carbocycles. The SMILES string of the molecule is CCOc1ccc(-c2cc(C(=O)N/N=C(/C)c3ccc(OC)c(OC)c3)[nH]n2)cc1. The standard InChI is InChI=1S/C22H24N4O4/c1-5-30-17-9-6-15(7-10-17)18-13-19(25-24-18)22(27)26-23-14(2)16-8-11-20(28-3)21(12-16)29-4/h6-13H,5H2,1-4H3,(H,24,25)(H,26,27)/b23-14-. The summed E-state index contributed by atoms with van der Waals surface area (Å²) >= 11 is 0. The first kappa shape index (κ1) is 20.9. The maximum atomic E-state index is 12.4. The first-order valence-corrected chi connectivity index (χ1v) is 9.41. The number of hydrogen-bond donors (Lipinski definition) is 2. The van der Waals surface area contributed by atoms with Crippen LogP contribution >= 0.6 is 0 Å². The number of hydrazone groups is 1. The van der Waals surface area contributed by atoms with Crippen molar-refractivity contribution in [1.29, 1.82) is 0 Å². The summed E-state index contributed by atoms with van der Waals surface area (Å²) in [5.41, 5.74) is 5.80. The van der Waals surface area contributed by atoms with Crippen LogP contribution in [0.25, 0.3) is 11.3 Å². The number of benzene rings is 2. The van der Waals surface area contributed by atoms with Crippen molar-refractivity contribution in [3.05, 3.63) is 59.8 Å². The summed E-state index contributed by atoms with van der Waals surface area (Å²) in [5, 5.41) is 11.1. The molecular weight excluding hydrogens is 384 g/mol. The second kappa shape index (κ2) is 9.60. The Morgan fingerprint density at radius 1 is 1.07 bits per heavy atom. The Balaban J connectivity index is 1.69. The molecule has 2 aromatic carbocycles. The third-order valence-electron chi connectivity index (χ3n) is 4.41. The largest absolute Gasteiger partial charge is 0.494 e. The fourth-order valence-corrected chi connectivity index (χ4v) is 2.80. The Hall–Kier alpha value is -3.81. The summed E-state index contributed by atoms with van der Waals surface area (Å²) in [6.45, 7) is 4.33. The molecule has 0 bridgehead atoms. The van der Waals surface area contributed by atoms with E-state index in [1.54, 1.807) is 39.3 Å². The molecule has 2 N–H and O–H groups in total. The fourth-order valence-electron chi connectivity index (χ4n) is 2.80. The predicted molar refractivity (Wildman–Crippen MR) is 114 cm³/mol. The van der Waals surface area contributed by atoms with Gasteiger partial charge in [0, 0.05) is 11.1 Å². The molecular formula is C22H24N4O4. The number of nitrogens with one attached hydrogen (secondary N) is 2. The van der Waals surface area contributed by atoms with Gasteiger partial charge in [0.05, 0.1) is 32.2 Å². The van der Waals surface area contributed by atoms with Crippen LogP contribution in [0.3, 0.4) is 0 Å². The van der Waals surface area contributed by atoms with Gasteiger partial charge in [-0.05, 0) is 62.4 Å². The van der Waals surface area contributed by atoms with Crippen LogP contribution in [-0.4, -0.2) is 42.6 Å². The molecule has 30 heavy (non-hydrogen) atoms. The van der Waals surface area contributed by atoms with Crippen molar-refractivity contribution in [2.75, 3.05) is 20.8 Å². The molecule has 156 valence electrons. The van der Waals surface area contributed by atoms with Crippen molar-refractivity contribution in [2.24, 2.45) is 5.10 Å². The second-order valence-electron chi connectivity index (χ2n) is 6.33. The molecule has 0 fully saturated rings. The van der Waals surface area contributed by atoms with Crippen LogP contribution in [0.4, 0.5) is 0 Å². The Kier molecular flexibility index (Phi) is 6.69. The van der Waals surface area contributed by atoms with Gasteiger partial charge >= 0.3 is 0 Å². The molecule has 0 spiro atoms. The van der Waals surface area contributed by atoms with Crippen molar-refractivity contribution < 1.29 is 19.0 Å². The van der Waals surface area contributed by atoms with E-state index in [4.69, 9.17) is 14.2 Å². The molecule has 0 radical (unpaired) electrons. The minimum atomic E-state index is -0.389. The highest BCUT2D eigenvalue weighted by Crippen LogP contribution is 2.27. The second-order valence-corrected chi connectivity index (χ2v) is 6.33. The molecule has 8 heteroatoms. The van der Waals surface area contributed by atoms with Crippen LogP contribution in [0.1, 0.15) is 29.9 Å². The van der Waals surface area contributed by atoms with Crippen LogP contribution in [0.5, 0.6) is 17.2 Å². The van der Waals surface area contributed by atoms with Crippen LogP contribution in [0.15, 0.2) is 53.6 Å². The monoisotopic (exact) mass is 408 g/mol. The predicted octanol–water partition coefficient (Wildman–Crippen LogP) is 3.65. The van der Waals surface area contributed by atoms with Gasteiger partial charge in [-0.15, -0.1) is 0 Å². The first-order valence-electron chi connectivity index (χ1n) is 9.41. The van der Waals surface area contributed by atoms with Gasteiger partial charge in [-0.1, -0.05) is 0 Å². The van der Waals surface area contributed by atoms with E-state index in [9.17, 15) is 4.79 Å². The van der Waals surface area contributed by atoms with Gasteiger partial charge in [0.25, 0.3) is 5.91 Å². The number of H-pyrrole nitrogens is 1. The zero-order valence-electron chi connectivity index (χ0n) is 17.4. The summed E-state index contributed by atoms with van der Waals surface area (Å²) in [6, 6.07) is 14.6. The number of amides is 1. The number of carbonyl (C=O) groups is 1. The normalized spacial score (nSPS) is 11.1. The number of aromatic nitrogens is 2. The van der Waals surface area contributed by atoms with Gasteiger partial charge in [0.2, 0.25) is 0 Å². The summed E-state index contributed by atoms with van der Waals surface area (Å²) in [6.07, 6.45) is 0. The van der Waals surface area contributed by atoms with Crippen LogP contribution < -0.4 is 19.6 Å². The van der Waals surface area contributed by atoms with E-state index in [2.05, 4.69) is 20.7 Å². The van der Waals surface area contributed by atoms with E-state index in [1.165, 1.54) is 0 Å². The lowest BCUT2D eigenvalue weighted by atomic mass is 10.1. The van der Waals surface area contributed by atoms with Crippen molar-refractivity contribution in [1.82, 2.24) is 15.6 Å². The molecule has 3 aromatic rings. The minimum Gasteiger partial charge on any atom is -0.494 e. The Labute approximate surface area is 174 Å². The maximum absolute atomic E-state index is 12.4. The summed E-state index contributed by atoms with van der Waals surface area (Å²) < 4.78 is 16.0. The lowest BCUT2D eigenvalue weighted by Gasteiger charge is -2.09. The van der Waals surface area contributed by atoms with Gasteiger partial charge in [-0.2, -0.15) is 10.2 Å². The number of rotatable bonds is 8. The molecule has 0 saturated heterocycles. The first-order chi connectivity index (χ1) is 14.5. The van der Waals surface area contributed by atoms with Gasteiger partial charge in [0.15, 0.2) is 11.5 Å². The number of hydrogen-bond acceptors (Lipinski definition) is 6. The molecule has 0 unspecified atom stereocenters. The lowest BCUT2D eigenvalue weighted by molar-refractivity contribution is 0.0950. The molecule has 0 aliphatic carbocycles. The van der Waals surface area contributed by atoms with Gasteiger partial charge in [-0.25, -0.2) is 5.43 Å². The molecule has 0 aliphatic rings. The fraction of sp³-hybridized carbons (Fsp3) is 0.227. The average Bonchev–Trinajstić information content (AvgIpc) is 3.28. The highest BCUT2D eigenvalue weighted by molar-refractivity contribution is 6.01. The van der Waals surface area contributed by atoms with Crippen molar-refractivity contribution in [2.45, 2.75) is 13.8 Å². The minimum absolute atomic E-state index is 0.308. The van der Waals surface area contributed by atoms with E-state index in [-0.39, 0.29) is 5.91 Å². The van der Waals surface area contributed by atoms with E-state index < -0.39 is 0 Å². The molecule has 1 amide bonds. The summed E-state index contributed by atoms with van der Waals surface area (Å²) in [5.74, 6) is 1.61. The quantitative estimate of drug-likeness (QED) is 0.438. The molecule has 1 heterocycles. The molecule has 1 aromatic heterocycles. The molecule has 3 rings (SSSR count). The van der Waals surface area contributed by atoms with E-state index >= 15 is 0 Å². The van der Waals surface area contributed by atoms with Gasteiger partial charge in [0.1, 0.15) is 11.4 Å². The maximum Gasteiger partial charge on any atom is 0.289 e. The average molecular weight is 408 g/mol. The molecule has 0 atom stereocenters. The number of carbonyl (C=O) groups excluding carboxylic acids is 1. The Morgan fingerprint density at radius 3 is 2.47 bits per heavy atom. The van der Waals surface area contributed by atoms with Crippen LogP contribution in [-0.2, 0) is 0 Å². The van der Waals surface area contributed by atoms with Gasteiger partial charge in [-0.3, -0.25) is 9.89 Å². The number of methoxy groups -OCH3 is 2. The third kappa shape index (κ3) is 4.78. The van der Waals surface area contributed by atoms with E-state index in [0.717, 1.165) is 16.9 Å². The van der Waals surface area contributed by atoms with Crippen LogP contribution in [0.2, 0.25) is 0 Å². The number of aromatic amines is 1. The highest BCUT2D eigenvalue weighted by Gasteiger charge is 2.12. The zero-order chi connectivity index (χ0) is 21.5. The Bertz CT molecular complexity index is 1040. The number of nitrogens with zero attached hydrogens (tertiary/aromatic N) is 2. The van der Waals surface area contributed by atoms with E-state index in [1.807, 2.05) is 37.3 Å².